The number of hydrogen-bond donors (Lipinski definition) is 1. The van der Waals surface area contributed by atoms with Crippen molar-refractivity contribution in [1.29, 1.82) is 0 Å². The Balaban J connectivity index is 1.46. The molecule has 3 aromatic rings. The molecule has 1 N–H and O–H groups in total. The highest BCUT2D eigenvalue weighted by atomic mass is 32.2. The van der Waals surface area contributed by atoms with Gasteiger partial charge in [-0.05, 0) is 55.5 Å². The number of amides is 1. The van der Waals surface area contributed by atoms with Gasteiger partial charge in [-0.3, -0.25) is 14.2 Å². The zero-order chi connectivity index (χ0) is 28.3. The number of sulfone groups is 1. The van der Waals surface area contributed by atoms with Crippen LogP contribution in [0.4, 0.5) is 5.82 Å². The Hall–Kier alpha value is -3.60. The number of nitrogens with zero attached hydrogens (tertiary/aromatic N) is 3. The normalized spacial score (nSPS) is 17.5. The Bertz CT molecular complexity index is 1560. The van der Waals surface area contributed by atoms with E-state index >= 15 is 0 Å². The van der Waals surface area contributed by atoms with Gasteiger partial charge in [-0.1, -0.05) is 44.9 Å². The molecule has 2 heterocycles. The number of nitrogens with one attached hydrogen (secondary N) is 1. The molecule has 1 unspecified atom stereocenters. The van der Waals surface area contributed by atoms with Crippen LogP contribution >= 0.6 is 0 Å². The van der Waals surface area contributed by atoms with Gasteiger partial charge < -0.3 is 10.1 Å². The number of benzene rings is 1. The summed E-state index contributed by atoms with van der Waals surface area (Å²) in [6.45, 7) is 0. The minimum absolute atomic E-state index is 0.175. The molecular formula is C29H34N4O6S. The molecular weight excluding hydrogens is 532 g/mol. The Morgan fingerprint density at radius 1 is 1.02 bits per heavy atom. The second kappa shape index (κ2) is 11.9. The Labute approximate surface area is 233 Å². The van der Waals surface area contributed by atoms with Crippen LogP contribution in [0.3, 0.4) is 0 Å². The molecule has 2 aromatic heterocycles. The minimum Gasteiger partial charge on any atom is -0.465 e. The number of fused-ring (bicyclic) bond motifs is 1. The summed E-state index contributed by atoms with van der Waals surface area (Å²) in [5, 5.41) is 2.64. The van der Waals surface area contributed by atoms with Gasteiger partial charge in [-0.2, -0.15) is 0 Å². The number of anilines is 1. The van der Waals surface area contributed by atoms with Crippen molar-refractivity contribution in [3.05, 3.63) is 58.8 Å². The Morgan fingerprint density at radius 3 is 2.42 bits per heavy atom. The molecule has 5 rings (SSSR count). The van der Waals surface area contributed by atoms with Crippen molar-refractivity contribution in [1.82, 2.24) is 14.5 Å². The molecule has 0 saturated heterocycles. The van der Waals surface area contributed by atoms with E-state index in [0.29, 0.717) is 19.3 Å². The summed E-state index contributed by atoms with van der Waals surface area (Å²) in [4.78, 5) is 47.7. The molecule has 1 amide bonds. The predicted molar refractivity (Wildman–Crippen MR) is 150 cm³/mol. The van der Waals surface area contributed by atoms with Crippen molar-refractivity contribution in [3.8, 4) is 0 Å². The van der Waals surface area contributed by atoms with Crippen LogP contribution in [0.1, 0.15) is 80.6 Å². The number of carbonyl (C=O) groups is 2. The summed E-state index contributed by atoms with van der Waals surface area (Å²) >= 11 is 0. The second-order valence-electron chi connectivity index (χ2n) is 10.8. The van der Waals surface area contributed by atoms with Crippen LogP contribution in [0.25, 0.3) is 10.9 Å². The smallest absolute Gasteiger partial charge is 0.339 e. The van der Waals surface area contributed by atoms with Crippen LogP contribution in [-0.4, -0.2) is 47.2 Å². The van der Waals surface area contributed by atoms with Gasteiger partial charge in [0, 0.05) is 6.20 Å². The van der Waals surface area contributed by atoms with Gasteiger partial charge in [-0.25, -0.2) is 23.2 Å². The molecule has 10 nitrogen and oxygen atoms in total. The maximum Gasteiger partial charge on any atom is 0.339 e. The third-order valence-electron chi connectivity index (χ3n) is 8.18. The third kappa shape index (κ3) is 5.79. The van der Waals surface area contributed by atoms with E-state index in [4.69, 9.17) is 4.74 Å². The lowest BCUT2D eigenvalue weighted by Crippen LogP contribution is -2.35. The van der Waals surface area contributed by atoms with Crippen molar-refractivity contribution in [3.63, 3.8) is 0 Å². The fraction of sp³-hybridized carbons (Fsp3) is 0.483. The predicted octanol–water partition coefficient (Wildman–Crippen LogP) is 4.44. The van der Waals surface area contributed by atoms with E-state index in [1.54, 1.807) is 0 Å². The molecule has 2 aliphatic rings. The van der Waals surface area contributed by atoms with Gasteiger partial charge >= 0.3 is 5.97 Å². The van der Waals surface area contributed by atoms with E-state index in [-0.39, 0.29) is 33.1 Å². The van der Waals surface area contributed by atoms with Crippen molar-refractivity contribution < 1.29 is 22.7 Å². The molecule has 0 bridgehead atoms. The molecule has 40 heavy (non-hydrogen) atoms. The summed E-state index contributed by atoms with van der Waals surface area (Å²) < 4.78 is 32.2. The minimum atomic E-state index is -3.50. The van der Waals surface area contributed by atoms with Crippen molar-refractivity contribution in [2.45, 2.75) is 80.4 Å². The SMILES string of the molecule is COC(=O)c1ccc(NC(=O)C(CC2CCCCC2)n2cnc3cc(S(=O)(=O)C4CCCC4)ccc3c2=O)nc1. The number of ether oxygens (including phenoxy) is 1. The average molecular weight is 567 g/mol. The summed E-state index contributed by atoms with van der Waals surface area (Å²) in [6.07, 6.45) is 11.5. The summed E-state index contributed by atoms with van der Waals surface area (Å²) in [5.74, 6) is -0.420. The molecule has 0 aliphatic heterocycles. The zero-order valence-corrected chi connectivity index (χ0v) is 23.4. The summed E-state index contributed by atoms with van der Waals surface area (Å²) in [5.41, 5.74) is 0.139. The lowest BCUT2D eigenvalue weighted by Gasteiger charge is -2.27. The Kier molecular flexibility index (Phi) is 8.30. The van der Waals surface area contributed by atoms with E-state index in [1.807, 2.05) is 0 Å². The molecule has 11 heteroatoms. The van der Waals surface area contributed by atoms with Gasteiger partial charge in [0.2, 0.25) is 5.91 Å². The molecule has 2 saturated carbocycles. The number of esters is 1. The lowest BCUT2D eigenvalue weighted by atomic mass is 9.84. The van der Waals surface area contributed by atoms with E-state index in [0.717, 1.165) is 44.9 Å². The first kappa shape index (κ1) is 27.9. The first-order chi connectivity index (χ1) is 19.3. The van der Waals surface area contributed by atoms with Gasteiger partial charge in [0.25, 0.3) is 5.56 Å². The molecule has 0 spiro atoms. The number of methoxy groups -OCH3 is 1. The number of pyridine rings is 1. The van der Waals surface area contributed by atoms with Crippen LogP contribution in [0.5, 0.6) is 0 Å². The third-order valence-corrected chi connectivity index (χ3v) is 10.4. The number of aromatic nitrogens is 3. The first-order valence-electron chi connectivity index (χ1n) is 13.9. The van der Waals surface area contributed by atoms with Crippen LogP contribution < -0.4 is 10.9 Å². The maximum absolute atomic E-state index is 13.7. The van der Waals surface area contributed by atoms with E-state index in [1.165, 1.54) is 54.5 Å². The molecule has 2 aliphatic carbocycles. The highest BCUT2D eigenvalue weighted by molar-refractivity contribution is 7.92. The molecule has 2 fully saturated rings. The zero-order valence-electron chi connectivity index (χ0n) is 22.5. The van der Waals surface area contributed by atoms with Crippen LogP contribution in [0, 0.1) is 5.92 Å². The van der Waals surface area contributed by atoms with Gasteiger partial charge in [-0.15, -0.1) is 0 Å². The fourth-order valence-corrected chi connectivity index (χ4v) is 7.78. The van der Waals surface area contributed by atoms with Crippen molar-refractivity contribution in [2.75, 3.05) is 12.4 Å². The lowest BCUT2D eigenvalue weighted by molar-refractivity contribution is -0.120. The molecule has 212 valence electrons. The molecule has 0 radical (unpaired) electrons. The number of carbonyl (C=O) groups excluding carboxylic acids is 2. The van der Waals surface area contributed by atoms with Gasteiger partial charge in [0.1, 0.15) is 11.9 Å². The summed E-state index contributed by atoms with van der Waals surface area (Å²) in [7, 11) is -2.22. The molecule has 1 atom stereocenters. The van der Waals surface area contributed by atoms with E-state index in [9.17, 15) is 22.8 Å². The van der Waals surface area contributed by atoms with E-state index < -0.39 is 38.6 Å². The van der Waals surface area contributed by atoms with Crippen LogP contribution in [0.2, 0.25) is 0 Å². The van der Waals surface area contributed by atoms with Crippen molar-refractivity contribution >= 4 is 38.4 Å². The number of rotatable bonds is 8. The number of hydrogen-bond acceptors (Lipinski definition) is 8. The first-order valence-corrected chi connectivity index (χ1v) is 15.4. The second-order valence-corrected chi connectivity index (χ2v) is 13.0. The highest BCUT2D eigenvalue weighted by Crippen LogP contribution is 2.32. The largest absolute Gasteiger partial charge is 0.465 e. The van der Waals surface area contributed by atoms with Crippen molar-refractivity contribution in [2.24, 2.45) is 5.92 Å². The Morgan fingerprint density at radius 2 is 1.75 bits per heavy atom. The fourth-order valence-electron chi connectivity index (χ4n) is 5.91. The van der Waals surface area contributed by atoms with Crippen LogP contribution in [0.15, 0.2) is 52.5 Å². The average Bonchev–Trinajstić information content (AvgIpc) is 3.53. The van der Waals surface area contributed by atoms with Gasteiger partial charge in [0.15, 0.2) is 9.84 Å². The standard InChI is InChI=1S/C29H34N4O6S/c1-39-29(36)20-11-14-26(30-17-20)32-27(34)25(15-19-7-3-2-4-8-19)33-18-31-24-16-22(12-13-23(24)28(33)35)40(37,38)21-9-5-6-10-21/h11-14,16-19,21,25H,2-10,15H2,1H3,(H,30,32,34). The highest BCUT2D eigenvalue weighted by Gasteiger charge is 2.31. The maximum atomic E-state index is 13.7. The monoisotopic (exact) mass is 566 g/mol. The summed E-state index contributed by atoms with van der Waals surface area (Å²) in [6, 6.07) is 6.63. The quantitative estimate of drug-likeness (QED) is 0.395. The van der Waals surface area contributed by atoms with Gasteiger partial charge in [0.05, 0.1) is 40.0 Å². The van der Waals surface area contributed by atoms with Crippen LogP contribution in [-0.2, 0) is 19.4 Å². The van der Waals surface area contributed by atoms with E-state index in [2.05, 4.69) is 15.3 Å². The topological polar surface area (TPSA) is 137 Å². The molecule has 1 aromatic carbocycles.